The summed E-state index contributed by atoms with van der Waals surface area (Å²) in [6, 6.07) is 7.81. The molecule has 0 aliphatic carbocycles. The van der Waals surface area contributed by atoms with Crippen LogP contribution in [-0.2, 0) is 0 Å². The third kappa shape index (κ3) is 2.55. The predicted molar refractivity (Wildman–Crippen MR) is 64.2 cm³/mol. The van der Waals surface area contributed by atoms with Gasteiger partial charge < -0.3 is 10.2 Å². The number of benzene rings is 1. The summed E-state index contributed by atoms with van der Waals surface area (Å²) in [5, 5.41) is 8.60. The number of anilines is 1. The van der Waals surface area contributed by atoms with Gasteiger partial charge in [0.25, 0.3) is 5.22 Å². The third-order valence-corrected chi connectivity index (χ3v) is 3.18. The summed E-state index contributed by atoms with van der Waals surface area (Å²) in [7, 11) is 0. The summed E-state index contributed by atoms with van der Waals surface area (Å²) in [6.07, 6.45) is 0. The van der Waals surface area contributed by atoms with E-state index in [1.807, 2.05) is 24.3 Å². The molecule has 1 aromatic heterocycles. The van der Waals surface area contributed by atoms with E-state index in [1.165, 1.54) is 5.56 Å². The van der Waals surface area contributed by atoms with Gasteiger partial charge in [-0.2, -0.15) is 0 Å². The Morgan fingerprint density at radius 2 is 1.94 bits per heavy atom. The minimum Gasteiger partial charge on any atom is -0.416 e. The van der Waals surface area contributed by atoms with Gasteiger partial charge in [0, 0.05) is 17.9 Å². The standard InChI is InChI=1S/C11H13N3OS/c1-7(9-3-5-10(12)6-4-9)16-11-14-13-8(2)15-11/h3-7H,12H2,1-2H3. The van der Waals surface area contributed by atoms with E-state index >= 15 is 0 Å². The lowest BCUT2D eigenvalue weighted by Gasteiger charge is -2.08. The summed E-state index contributed by atoms with van der Waals surface area (Å²) in [5.74, 6) is 0.590. The van der Waals surface area contributed by atoms with Crippen LogP contribution in [0.15, 0.2) is 33.9 Å². The molecule has 84 valence electrons. The van der Waals surface area contributed by atoms with E-state index in [9.17, 15) is 0 Å². The molecular formula is C11H13N3OS. The van der Waals surface area contributed by atoms with Crippen LogP contribution in [0, 0.1) is 6.92 Å². The number of aryl methyl sites for hydroxylation is 1. The van der Waals surface area contributed by atoms with Gasteiger partial charge >= 0.3 is 0 Å². The van der Waals surface area contributed by atoms with Gasteiger partial charge in [-0.1, -0.05) is 23.9 Å². The van der Waals surface area contributed by atoms with E-state index in [0.717, 1.165) is 5.69 Å². The van der Waals surface area contributed by atoms with Crippen LogP contribution in [0.25, 0.3) is 0 Å². The molecule has 1 unspecified atom stereocenters. The highest BCUT2D eigenvalue weighted by Gasteiger charge is 2.11. The van der Waals surface area contributed by atoms with Crippen LogP contribution < -0.4 is 5.73 Å². The smallest absolute Gasteiger partial charge is 0.277 e. The van der Waals surface area contributed by atoms with Crippen molar-refractivity contribution < 1.29 is 4.42 Å². The van der Waals surface area contributed by atoms with Crippen molar-refractivity contribution in [2.45, 2.75) is 24.3 Å². The quantitative estimate of drug-likeness (QED) is 0.654. The summed E-state index contributed by atoms with van der Waals surface area (Å²) in [4.78, 5) is 0. The number of nitrogen functional groups attached to an aromatic ring is 1. The van der Waals surface area contributed by atoms with E-state index in [1.54, 1.807) is 18.7 Å². The first-order valence-electron chi connectivity index (χ1n) is 4.97. The molecule has 0 bridgehead atoms. The zero-order valence-corrected chi connectivity index (χ0v) is 9.99. The highest BCUT2D eigenvalue weighted by molar-refractivity contribution is 7.99. The van der Waals surface area contributed by atoms with E-state index in [4.69, 9.17) is 10.2 Å². The van der Waals surface area contributed by atoms with Gasteiger partial charge in [0.05, 0.1) is 0 Å². The lowest BCUT2D eigenvalue weighted by molar-refractivity contribution is 0.428. The Balaban J connectivity index is 2.08. The summed E-state index contributed by atoms with van der Waals surface area (Å²) in [5.41, 5.74) is 7.60. The number of hydrogen-bond acceptors (Lipinski definition) is 5. The van der Waals surface area contributed by atoms with Crippen LogP contribution in [0.4, 0.5) is 5.69 Å². The van der Waals surface area contributed by atoms with Crippen LogP contribution >= 0.6 is 11.8 Å². The van der Waals surface area contributed by atoms with Crippen molar-refractivity contribution in [3.8, 4) is 0 Å². The van der Waals surface area contributed by atoms with Crippen LogP contribution in [-0.4, -0.2) is 10.2 Å². The Morgan fingerprint density at radius 3 is 2.50 bits per heavy atom. The summed E-state index contributed by atoms with van der Waals surface area (Å²) in [6.45, 7) is 3.88. The monoisotopic (exact) mass is 235 g/mol. The lowest BCUT2D eigenvalue weighted by Crippen LogP contribution is -1.90. The molecule has 0 fully saturated rings. The minimum atomic E-state index is 0.264. The molecular weight excluding hydrogens is 222 g/mol. The molecule has 0 aliphatic rings. The van der Waals surface area contributed by atoms with E-state index < -0.39 is 0 Å². The van der Waals surface area contributed by atoms with Crippen molar-refractivity contribution >= 4 is 17.4 Å². The summed E-state index contributed by atoms with van der Waals surface area (Å²) >= 11 is 1.54. The predicted octanol–water partition coefficient (Wildman–Crippen LogP) is 2.81. The third-order valence-electron chi connectivity index (χ3n) is 2.19. The first kappa shape index (κ1) is 11.0. The molecule has 2 aromatic rings. The maximum absolute atomic E-state index is 5.64. The topological polar surface area (TPSA) is 64.9 Å². The normalized spacial score (nSPS) is 12.6. The SMILES string of the molecule is Cc1nnc(SC(C)c2ccc(N)cc2)o1. The van der Waals surface area contributed by atoms with Gasteiger partial charge in [-0.05, 0) is 24.6 Å². The molecule has 1 atom stereocenters. The summed E-state index contributed by atoms with van der Waals surface area (Å²) < 4.78 is 5.32. The first-order chi connectivity index (χ1) is 7.65. The second-order valence-electron chi connectivity index (χ2n) is 3.51. The van der Waals surface area contributed by atoms with E-state index in [-0.39, 0.29) is 5.25 Å². The molecule has 0 aliphatic heterocycles. The number of hydrogen-bond donors (Lipinski definition) is 1. The number of nitrogens with two attached hydrogens (primary N) is 1. The second kappa shape index (κ2) is 4.57. The largest absolute Gasteiger partial charge is 0.416 e. The Bertz CT molecular complexity index is 466. The highest BCUT2D eigenvalue weighted by atomic mass is 32.2. The number of rotatable bonds is 3. The van der Waals surface area contributed by atoms with Gasteiger partial charge in [-0.15, -0.1) is 10.2 Å². The minimum absolute atomic E-state index is 0.264. The molecule has 5 heteroatoms. The fraction of sp³-hybridized carbons (Fsp3) is 0.273. The van der Waals surface area contributed by atoms with E-state index in [0.29, 0.717) is 11.1 Å². The second-order valence-corrected chi connectivity index (χ2v) is 4.81. The van der Waals surface area contributed by atoms with Crippen molar-refractivity contribution in [1.82, 2.24) is 10.2 Å². The molecule has 0 saturated heterocycles. The van der Waals surface area contributed by atoms with Crippen molar-refractivity contribution in [3.05, 3.63) is 35.7 Å². The number of aromatic nitrogens is 2. The molecule has 1 aromatic carbocycles. The average Bonchev–Trinajstić information content (AvgIpc) is 2.65. The Kier molecular flexibility index (Phi) is 3.14. The molecule has 1 heterocycles. The molecule has 4 nitrogen and oxygen atoms in total. The molecule has 2 rings (SSSR count). The van der Waals surface area contributed by atoms with Crippen LogP contribution in [0.5, 0.6) is 0 Å². The fourth-order valence-corrected chi connectivity index (χ4v) is 2.16. The van der Waals surface area contributed by atoms with Crippen molar-refractivity contribution in [2.24, 2.45) is 0 Å². The Morgan fingerprint density at radius 1 is 1.25 bits per heavy atom. The Labute approximate surface area is 98.2 Å². The maximum atomic E-state index is 5.64. The average molecular weight is 235 g/mol. The first-order valence-corrected chi connectivity index (χ1v) is 5.85. The lowest BCUT2D eigenvalue weighted by atomic mass is 10.1. The van der Waals surface area contributed by atoms with E-state index in [2.05, 4.69) is 17.1 Å². The molecule has 0 spiro atoms. The fourth-order valence-electron chi connectivity index (χ4n) is 1.31. The van der Waals surface area contributed by atoms with Crippen LogP contribution in [0.1, 0.15) is 23.6 Å². The number of nitrogens with zero attached hydrogens (tertiary/aromatic N) is 2. The van der Waals surface area contributed by atoms with Crippen molar-refractivity contribution in [3.63, 3.8) is 0 Å². The Hall–Kier alpha value is -1.49. The highest BCUT2D eigenvalue weighted by Crippen LogP contribution is 2.33. The van der Waals surface area contributed by atoms with Gasteiger partial charge in [0.15, 0.2) is 0 Å². The zero-order valence-electron chi connectivity index (χ0n) is 9.18. The molecule has 2 N–H and O–H groups in total. The van der Waals surface area contributed by atoms with Crippen molar-refractivity contribution in [1.29, 1.82) is 0 Å². The maximum Gasteiger partial charge on any atom is 0.277 e. The van der Waals surface area contributed by atoms with Crippen molar-refractivity contribution in [2.75, 3.05) is 5.73 Å². The van der Waals surface area contributed by atoms with Crippen LogP contribution in [0.2, 0.25) is 0 Å². The number of thioether (sulfide) groups is 1. The molecule has 0 amide bonds. The van der Waals surface area contributed by atoms with Crippen LogP contribution in [0.3, 0.4) is 0 Å². The zero-order chi connectivity index (χ0) is 11.5. The van der Waals surface area contributed by atoms with Gasteiger partial charge in [0.2, 0.25) is 5.89 Å². The molecule has 0 saturated carbocycles. The molecule has 0 radical (unpaired) electrons. The van der Waals surface area contributed by atoms with Gasteiger partial charge in [-0.25, -0.2) is 0 Å². The van der Waals surface area contributed by atoms with Gasteiger partial charge in [-0.3, -0.25) is 0 Å². The van der Waals surface area contributed by atoms with Gasteiger partial charge in [0.1, 0.15) is 0 Å². The molecule has 16 heavy (non-hydrogen) atoms.